The van der Waals surface area contributed by atoms with E-state index in [1.54, 1.807) is 12.4 Å². The Morgan fingerprint density at radius 2 is 2.24 bits per heavy atom. The molecule has 3 atom stereocenters. The summed E-state index contributed by atoms with van der Waals surface area (Å²) in [5.41, 5.74) is 1.15. The van der Waals surface area contributed by atoms with Crippen molar-refractivity contribution in [1.82, 2.24) is 10.3 Å². The molecule has 1 aliphatic rings. The number of nitrogens with zero attached hydrogens (tertiary/aromatic N) is 1. The van der Waals surface area contributed by atoms with Gasteiger partial charge in [0, 0.05) is 25.0 Å². The first-order chi connectivity index (χ1) is 8.18. The number of aromatic nitrogens is 1. The lowest BCUT2D eigenvalue weighted by atomic mass is 9.78. The molecule has 3 heteroatoms. The van der Waals surface area contributed by atoms with Crippen LogP contribution in [0.25, 0.3) is 0 Å². The van der Waals surface area contributed by atoms with Crippen molar-refractivity contribution in [2.45, 2.75) is 45.7 Å². The van der Waals surface area contributed by atoms with E-state index >= 15 is 0 Å². The van der Waals surface area contributed by atoms with E-state index in [1.165, 1.54) is 19.3 Å². The Kier molecular flexibility index (Phi) is 4.41. The molecule has 0 radical (unpaired) electrons. The molecule has 0 aliphatic heterocycles. The van der Waals surface area contributed by atoms with E-state index < -0.39 is 0 Å². The lowest BCUT2D eigenvalue weighted by molar-refractivity contribution is 0.206. The quantitative estimate of drug-likeness (QED) is 0.888. The molecule has 1 aliphatic carbocycles. The molecule has 1 N–H and O–H groups in total. The van der Waals surface area contributed by atoms with Crippen LogP contribution in [0.4, 0.5) is 0 Å². The standard InChI is InChI=1S/C14H21ClN2/c1-10-4-3-5-14(11(10)2)17-8-12-6-7-16-9-13(12)15/h6-7,9-11,14,17H,3-5,8H2,1-2H3. The van der Waals surface area contributed by atoms with Gasteiger partial charge in [-0.1, -0.05) is 38.3 Å². The number of hydrogen-bond donors (Lipinski definition) is 1. The van der Waals surface area contributed by atoms with Gasteiger partial charge in [-0.3, -0.25) is 4.98 Å². The number of halogens is 1. The van der Waals surface area contributed by atoms with Crippen LogP contribution in [-0.2, 0) is 6.54 Å². The third kappa shape index (κ3) is 3.20. The number of nitrogens with one attached hydrogen (secondary N) is 1. The topological polar surface area (TPSA) is 24.9 Å². The largest absolute Gasteiger partial charge is 0.310 e. The summed E-state index contributed by atoms with van der Waals surface area (Å²) in [5, 5.41) is 4.41. The normalized spacial score (nSPS) is 29.2. The maximum Gasteiger partial charge on any atom is 0.0634 e. The van der Waals surface area contributed by atoms with Crippen LogP contribution in [0, 0.1) is 11.8 Å². The first-order valence-corrected chi connectivity index (χ1v) is 6.88. The molecule has 1 saturated carbocycles. The molecule has 94 valence electrons. The van der Waals surface area contributed by atoms with Crippen LogP contribution < -0.4 is 5.32 Å². The second kappa shape index (κ2) is 5.83. The van der Waals surface area contributed by atoms with Crippen molar-refractivity contribution < 1.29 is 0 Å². The average Bonchev–Trinajstić information content (AvgIpc) is 2.33. The number of rotatable bonds is 3. The molecule has 1 heterocycles. The van der Waals surface area contributed by atoms with Gasteiger partial charge in [0.15, 0.2) is 0 Å². The summed E-state index contributed by atoms with van der Waals surface area (Å²) >= 11 is 6.10. The minimum absolute atomic E-state index is 0.628. The highest BCUT2D eigenvalue weighted by atomic mass is 35.5. The zero-order valence-electron chi connectivity index (χ0n) is 10.6. The van der Waals surface area contributed by atoms with Crippen LogP contribution in [0.15, 0.2) is 18.5 Å². The molecule has 0 spiro atoms. The van der Waals surface area contributed by atoms with Gasteiger partial charge in [-0.05, 0) is 29.9 Å². The molecule has 0 aromatic carbocycles. The van der Waals surface area contributed by atoms with Crippen molar-refractivity contribution in [2.24, 2.45) is 11.8 Å². The molecule has 3 unspecified atom stereocenters. The summed E-state index contributed by atoms with van der Waals surface area (Å²) in [6, 6.07) is 2.62. The zero-order chi connectivity index (χ0) is 12.3. The smallest absolute Gasteiger partial charge is 0.0634 e. The Morgan fingerprint density at radius 1 is 1.41 bits per heavy atom. The first-order valence-electron chi connectivity index (χ1n) is 6.50. The van der Waals surface area contributed by atoms with Gasteiger partial charge in [-0.15, -0.1) is 0 Å². The molecular formula is C14H21ClN2. The molecule has 2 nitrogen and oxygen atoms in total. The van der Waals surface area contributed by atoms with E-state index in [0.717, 1.165) is 29.0 Å². The van der Waals surface area contributed by atoms with E-state index in [9.17, 15) is 0 Å². The second-order valence-corrected chi connectivity index (χ2v) is 5.63. The van der Waals surface area contributed by atoms with E-state index in [4.69, 9.17) is 11.6 Å². The summed E-state index contributed by atoms with van der Waals surface area (Å²) in [6.07, 6.45) is 7.51. The lowest BCUT2D eigenvalue weighted by Gasteiger charge is -2.34. The third-order valence-corrected chi connectivity index (χ3v) is 4.46. The fraction of sp³-hybridized carbons (Fsp3) is 0.643. The highest BCUT2D eigenvalue weighted by Crippen LogP contribution is 2.29. The van der Waals surface area contributed by atoms with Gasteiger partial charge < -0.3 is 5.32 Å². The summed E-state index contributed by atoms with van der Waals surface area (Å²) in [6.45, 7) is 5.57. The molecule has 0 amide bonds. The molecule has 0 bridgehead atoms. The zero-order valence-corrected chi connectivity index (χ0v) is 11.4. The van der Waals surface area contributed by atoms with Crippen LogP contribution in [0.5, 0.6) is 0 Å². The van der Waals surface area contributed by atoms with Crippen LogP contribution in [0.1, 0.15) is 38.7 Å². The molecule has 1 aromatic heterocycles. The number of pyridine rings is 1. The summed E-state index contributed by atoms with van der Waals surface area (Å²) in [4.78, 5) is 4.01. The lowest BCUT2D eigenvalue weighted by Crippen LogP contribution is -2.40. The van der Waals surface area contributed by atoms with Crippen molar-refractivity contribution in [3.63, 3.8) is 0 Å². The highest BCUT2D eigenvalue weighted by Gasteiger charge is 2.26. The van der Waals surface area contributed by atoms with E-state index in [2.05, 4.69) is 24.1 Å². The Bertz CT molecular complexity index is 367. The van der Waals surface area contributed by atoms with Gasteiger partial charge >= 0.3 is 0 Å². The Labute approximate surface area is 109 Å². The van der Waals surface area contributed by atoms with Gasteiger partial charge in [0.25, 0.3) is 0 Å². The Balaban J connectivity index is 1.92. The van der Waals surface area contributed by atoms with Crippen molar-refractivity contribution in [3.8, 4) is 0 Å². The van der Waals surface area contributed by atoms with Crippen LogP contribution in [0.2, 0.25) is 5.02 Å². The van der Waals surface area contributed by atoms with Gasteiger partial charge in [0.2, 0.25) is 0 Å². The van der Waals surface area contributed by atoms with E-state index in [-0.39, 0.29) is 0 Å². The summed E-state index contributed by atoms with van der Waals surface area (Å²) in [7, 11) is 0. The molecule has 1 fully saturated rings. The molecule has 2 rings (SSSR count). The number of hydrogen-bond acceptors (Lipinski definition) is 2. The predicted molar refractivity (Wildman–Crippen MR) is 72.1 cm³/mol. The Morgan fingerprint density at radius 3 is 3.00 bits per heavy atom. The Hall–Kier alpha value is -0.600. The van der Waals surface area contributed by atoms with Crippen LogP contribution in [0.3, 0.4) is 0 Å². The minimum atomic E-state index is 0.628. The van der Waals surface area contributed by atoms with Gasteiger partial charge in [-0.2, -0.15) is 0 Å². The molecule has 0 saturated heterocycles. The van der Waals surface area contributed by atoms with Crippen molar-refractivity contribution in [3.05, 3.63) is 29.0 Å². The average molecular weight is 253 g/mol. The fourth-order valence-electron chi connectivity index (χ4n) is 2.66. The fourth-order valence-corrected chi connectivity index (χ4v) is 2.84. The predicted octanol–water partition coefficient (Wildman–Crippen LogP) is 3.65. The van der Waals surface area contributed by atoms with E-state index in [0.29, 0.717) is 6.04 Å². The first kappa shape index (κ1) is 12.8. The summed E-state index contributed by atoms with van der Waals surface area (Å²) in [5.74, 6) is 1.58. The maximum atomic E-state index is 6.10. The van der Waals surface area contributed by atoms with Crippen LogP contribution >= 0.6 is 11.6 Å². The minimum Gasteiger partial charge on any atom is -0.310 e. The van der Waals surface area contributed by atoms with E-state index in [1.807, 2.05) is 6.07 Å². The SMILES string of the molecule is CC1CCCC(NCc2ccncc2Cl)C1C. The second-order valence-electron chi connectivity index (χ2n) is 5.22. The maximum absolute atomic E-state index is 6.10. The van der Waals surface area contributed by atoms with Gasteiger partial charge in [0.05, 0.1) is 5.02 Å². The van der Waals surface area contributed by atoms with Gasteiger partial charge in [0.1, 0.15) is 0 Å². The van der Waals surface area contributed by atoms with Crippen LogP contribution in [-0.4, -0.2) is 11.0 Å². The highest BCUT2D eigenvalue weighted by molar-refractivity contribution is 6.31. The van der Waals surface area contributed by atoms with Gasteiger partial charge in [-0.25, -0.2) is 0 Å². The molecule has 17 heavy (non-hydrogen) atoms. The summed E-state index contributed by atoms with van der Waals surface area (Å²) < 4.78 is 0. The monoisotopic (exact) mass is 252 g/mol. The van der Waals surface area contributed by atoms with Crippen molar-refractivity contribution in [1.29, 1.82) is 0 Å². The van der Waals surface area contributed by atoms with Crippen molar-refractivity contribution >= 4 is 11.6 Å². The van der Waals surface area contributed by atoms with Crippen molar-refractivity contribution in [2.75, 3.05) is 0 Å². The molecular weight excluding hydrogens is 232 g/mol. The third-order valence-electron chi connectivity index (χ3n) is 4.12. The molecule has 1 aromatic rings.